The van der Waals surface area contributed by atoms with E-state index in [4.69, 9.17) is 29.9 Å². The van der Waals surface area contributed by atoms with Crippen molar-refractivity contribution in [1.82, 2.24) is 9.97 Å². The second-order valence-corrected chi connectivity index (χ2v) is 19.1. The Labute approximate surface area is 460 Å². The minimum atomic E-state index is -0.436. The van der Waals surface area contributed by atoms with E-state index >= 15 is 0 Å². The first-order valence-corrected chi connectivity index (χ1v) is 24.9. The molecule has 0 aliphatic rings. The molecule has 0 saturated carbocycles. The number of benzene rings is 6. The number of fused-ring (bicyclic) bond motifs is 1. The summed E-state index contributed by atoms with van der Waals surface area (Å²) in [5.41, 5.74) is 16.1. The van der Waals surface area contributed by atoms with E-state index < -0.39 is 11.5 Å². The summed E-state index contributed by atoms with van der Waals surface area (Å²) in [7, 11) is 0. The molecule has 0 aliphatic heterocycles. The van der Waals surface area contributed by atoms with Crippen molar-refractivity contribution in [3.05, 3.63) is 215 Å². The number of para-hydroxylation sites is 4. The van der Waals surface area contributed by atoms with Crippen molar-refractivity contribution >= 4 is 56.4 Å². The van der Waals surface area contributed by atoms with Crippen LogP contribution in [0.25, 0.3) is 10.8 Å². The molecule has 0 radical (unpaired) electrons. The van der Waals surface area contributed by atoms with Crippen LogP contribution in [0, 0.1) is 0 Å². The minimum Gasteiger partial charge on any atom is -0.873 e. The van der Waals surface area contributed by atoms with Crippen LogP contribution in [0.2, 0.25) is 0 Å². The van der Waals surface area contributed by atoms with Crippen LogP contribution in [0.5, 0.6) is 11.5 Å². The van der Waals surface area contributed by atoms with Gasteiger partial charge in [0.25, 0.3) is 0 Å². The van der Waals surface area contributed by atoms with Gasteiger partial charge in [-0.05, 0) is 133 Å². The number of hydrogen-bond donors (Lipinski definition) is 0. The van der Waals surface area contributed by atoms with Gasteiger partial charge in [0, 0.05) is 0 Å². The number of rotatable bonds is 12. The Hall–Kier alpha value is -6.83. The van der Waals surface area contributed by atoms with Gasteiger partial charge < -0.3 is 10.2 Å². The summed E-state index contributed by atoms with van der Waals surface area (Å²) >= 11 is 0. The van der Waals surface area contributed by atoms with Crippen LogP contribution in [0.15, 0.2) is 190 Å². The average Bonchev–Trinajstić information content (AvgIpc) is 3.37. The number of aliphatic imine (C=N–C) groups is 4. The van der Waals surface area contributed by atoms with Crippen molar-refractivity contribution in [3.8, 4) is 11.5 Å². The summed E-state index contributed by atoms with van der Waals surface area (Å²) < 4.78 is 0. The molecule has 0 saturated heterocycles. The first-order valence-electron chi connectivity index (χ1n) is 24.9. The summed E-state index contributed by atoms with van der Waals surface area (Å²) in [5.74, 6) is 0.821. The van der Waals surface area contributed by atoms with Gasteiger partial charge in [-0.3, -0.25) is 20.0 Å². The number of hydrogen-bond acceptors (Lipinski definition) is 8. The summed E-state index contributed by atoms with van der Waals surface area (Å²) in [6.07, 6.45) is 0. The molecule has 6 aromatic carbocycles. The predicted octanol–water partition coefficient (Wildman–Crippen LogP) is 16.2. The van der Waals surface area contributed by atoms with Crippen LogP contribution < -0.4 is 10.2 Å². The van der Waals surface area contributed by atoms with Crippen LogP contribution in [-0.2, 0) is 33.6 Å². The summed E-state index contributed by atoms with van der Waals surface area (Å²) in [5, 5.41) is 23.5. The fourth-order valence-electron chi connectivity index (χ4n) is 8.14. The predicted molar refractivity (Wildman–Crippen MR) is 301 cm³/mol. The number of nitrogens with zero attached hydrogens (tertiary/aromatic N) is 6. The molecule has 0 unspecified atom stereocenters. The Morgan fingerprint density at radius 1 is 0.324 bits per heavy atom. The van der Waals surface area contributed by atoms with Gasteiger partial charge in [0.15, 0.2) is 0 Å². The molecule has 74 heavy (non-hydrogen) atoms. The third-order valence-electron chi connectivity index (χ3n) is 12.2. The zero-order valence-corrected chi connectivity index (χ0v) is 46.7. The molecule has 8 aromatic rings. The summed E-state index contributed by atoms with van der Waals surface area (Å²) in [6.45, 7) is 25.6. The Morgan fingerprint density at radius 3 is 0.770 bits per heavy atom. The maximum absolute atomic E-state index is 10.9. The largest absolute Gasteiger partial charge is 1.00 e. The van der Waals surface area contributed by atoms with Crippen LogP contribution in [0.1, 0.15) is 152 Å². The molecule has 0 amide bonds. The monoisotopic (exact) mass is 1070 g/mol. The topological polar surface area (TPSA) is 121 Å². The molecular weight excluding hydrogens is 1000 g/mol. The molecule has 2 heterocycles. The van der Waals surface area contributed by atoms with Crippen LogP contribution in [0.4, 0.5) is 22.7 Å². The van der Waals surface area contributed by atoms with Gasteiger partial charge in [-0.1, -0.05) is 177 Å². The first-order chi connectivity index (χ1) is 34.5. The van der Waals surface area contributed by atoms with E-state index in [0.29, 0.717) is 23.7 Å². The van der Waals surface area contributed by atoms with E-state index in [9.17, 15) is 10.2 Å². The fraction of sp³-hybridized carbons (Fsp3) is 0.250. The molecule has 0 N–H and O–H groups in total. The molecule has 10 heteroatoms. The average molecular weight is 1070 g/mol. The van der Waals surface area contributed by atoms with E-state index in [1.54, 1.807) is 0 Å². The van der Waals surface area contributed by atoms with Gasteiger partial charge in [-0.25, -0.2) is 9.97 Å². The van der Waals surface area contributed by atoms with Gasteiger partial charge in [0.05, 0.1) is 68.4 Å². The first kappa shape index (κ1) is 59.7. The number of aromatic nitrogens is 2. The third kappa shape index (κ3) is 16.3. The van der Waals surface area contributed by atoms with Crippen molar-refractivity contribution in [2.24, 2.45) is 20.0 Å². The Morgan fingerprint density at radius 2 is 0.541 bits per heavy atom. The maximum Gasteiger partial charge on any atom is 1.00 e. The molecule has 0 spiro atoms. The molecular formula is C64H68Co2N6O2. The van der Waals surface area contributed by atoms with E-state index in [2.05, 4.69) is 128 Å². The second kappa shape index (κ2) is 28.6. The van der Waals surface area contributed by atoms with Gasteiger partial charge in [0.1, 0.15) is 0 Å². The van der Waals surface area contributed by atoms with Crippen molar-refractivity contribution in [2.75, 3.05) is 0 Å². The smallest absolute Gasteiger partial charge is 0.873 e. The van der Waals surface area contributed by atoms with Crippen LogP contribution in [0.3, 0.4) is 0 Å². The quantitative estimate of drug-likeness (QED) is 0.113. The Balaban J connectivity index is 0.000000256. The molecule has 8 rings (SSSR count). The van der Waals surface area contributed by atoms with Crippen LogP contribution >= 0.6 is 0 Å². The maximum atomic E-state index is 10.9. The third-order valence-corrected chi connectivity index (χ3v) is 12.2. The van der Waals surface area contributed by atoms with E-state index in [-0.39, 0.29) is 33.6 Å². The van der Waals surface area contributed by atoms with Crippen molar-refractivity contribution < 1.29 is 43.8 Å². The summed E-state index contributed by atoms with van der Waals surface area (Å²) in [6, 6.07) is 55.4. The molecule has 0 aliphatic carbocycles. The number of pyridine rings is 2. The molecule has 0 atom stereocenters. The van der Waals surface area contributed by atoms with Crippen molar-refractivity contribution in [1.29, 1.82) is 0 Å². The van der Waals surface area contributed by atoms with Crippen molar-refractivity contribution in [2.45, 2.75) is 107 Å². The van der Waals surface area contributed by atoms with Gasteiger partial charge in [-0.2, -0.15) is 0 Å². The van der Waals surface area contributed by atoms with Gasteiger partial charge in [-0.15, -0.1) is 11.5 Å². The second-order valence-electron chi connectivity index (χ2n) is 19.1. The minimum absolute atomic E-state index is 0. The van der Waals surface area contributed by atoms with Crippen molar-refractivity contribution in [3.63, 3.8) is 0 Å². The fourth-order valence-corrected chi connectivity index (χ4v) is 8.14. The Bertz CT molecular complexity index is 2860. The normalized spacial score (nSPS) is 11.9. The molecule has 0 bridgehead atoms. The molecule has 8 nitrogen and oxygen atoms in total. The van der Waals surface area contributed by atoms with Gasteiger partial charge >= 0.3 is 33.6 Å². The van der Waals surface area contributed by atoms with Gasteiger partial charge in [0.2, 0.25) is 0 Å². The van der Waals surface area contributed by atoms with E-state index in [1.807, 2.05) is 113 Å². The van der Waals surface area contributed by atoms with E-state index in [0.717, 1.165) is 79.1 Å². The molecule has 0 fully saturated rings. The SMILES string of the molecule is CC(=Nc1ccccc1C(C)C)c1cccc(C(C)=Nc2ccccc2C(C)C)n1.CC(=Nc1ccccc1C(C)C)c1cccc(C(C)=Nc2ccccc2C(C)C)n1.[Co+].[Co+].[O-]c1cc2ccccc2cc1[O-]. The zero-order valence-electron chi connectivity index (χ0n) is 44.6. The molecule has 2 aromatic heterocycles. The Kier molecular flexibility index (Phi) is 23.1. The zero-order chi connectivity index (χ0) is 51.9. The summed E-state index contributed by atoms with van der Waals surface area (Å²) in [4.78, 5) is 29.3. The standard InChI is InChI=1S/2C27H31N3.C10H8O2.2Co/c2*1-18(2)22-12-7-9-14-26(22)28-20(5)24-16-11-17-25(30-24)21(6)29-27-15-10-8-13-23(27)19(3)4;11-9-5-7-3-1-2-4-8(7)6-10(9)12;;/h2*7-19H,1-6H3;1-6,11-12H;;/q;;;2*+1/p-2. The molecule has 384 valence electrons. The van der Waals surface area contributed by atoms with Crippen LogP contribution in [-0.4, -0.2) is 32.8 Å². The van der Waals surface area contributed by atoms with E-state index in [1.165, 1.54) is 34.4 Å².